The van der Waals surface area contributed by atoms with E-state index in [9.17, 15) is 9.59 Å². The molecule has 0 radical (unpaired) electrons. The van der Waals surface area contributed by atoms with Crippen LogP contribution >= 0.6 is 11.8 Å². The molecule has 0 saturated carbocycles. The fraction of sp³-hybridized carbons (Fsp3) is 0.321. The first-order valence-corrected chi connectivity index (χ1v) is 12.6. The minimum Gasteiger partial charge on any atom is -0.457 e. The third-order valence-electron chi connectivity index (χ3n) is 6.39. The lowest BCUT2D eigenvalue weighted by molar-refractivity contribution is -0.141. The summed E-state index contributed by atoms with van der Waals surface area (Å²) in [6.45, 7) is 8.74. The Labute approximate surface area is 211 Å². The summed E-state index contributed by atoms with van der Waals surface area (Å²) in [6, 6.07) is 15.5. The number of fused-ring (bicyclic) bond motifs is 1. The van der Waals surface area contributed by atoms with Gasteiger partial charge in [0.2, 0.25) is 5.91 Å². The zero-order valence-corrected chi connectivity index (χ0v) is 21.7. The first kappa shape index (κ1) is 24.8. The van der Waals surface area contributed by atoms with E-state index in [1.807, 2.05) is 54.5 Å². The monoisotopic (exact) mass is 489 g/mol. The van der Waals surface area contributed by atoms with Gasteiger partial charge in [0.05, 0.1) is 23.7 Å². The average molecular weight is 490 g/mol. The fourth-order valence-corrected chi connectivity index (χ4v) is 5.29. The molecule has 7 heteroatoms. The first-order chi connectivity index (χ1) is 16.8. The molecule has 2 aromatic rings. The van der Waals surface area contributed by atoms with Gasteiger partial charge in [-0.1, -0.05) is 65.9 Å². The Balaban J connectivity index is 1.72. The fourth-order valence-electron chi connectivity index (χ4n) is 4.32. The third kappa shape index (κ3) is 5.20. The van der Waals surface area contributed by atoms with E-state index in [1.54, 1.807) is 11.9 Å². The van der Waals surface area contributed by atoms with Crippen LogP contribution in [0.5, 0.6) is 0 Å². The van der Waals surface area contributed by atoms with E-state index in [1.165, 1.54) is 11.8 Å². The smallest absolute Gasteiger partial charge is 0.338 e. The van der Waals surface area contributed by atoms with E-state index in [-0.39, 0.29) is 18.9 Å². The van der Waals surface area contributed by atoms with Crippen molar-refractivity contribution in [1.29, 1.82) is 0 Å². The molecule has 2 heterocycles. The number of hydrogen-bond acceptors (Lipinski definition) is 6. The maximum atomic E-state index is 13.5. The van der Waals surface area contributed by atoms with Crippen LogP contribution < -0.4 is 0 Å². The van der Waals surface area contributed by atoms with Crippen molar-refractivity contribution in [3.05, 3.63) is 93.2 Å². The van der Waals surface area contributed by atoms with Crippen molar-refractivity contribution in [3.8, 4) is 0 Å². The maximum Gasteiger partial charge on any atom is 0.338 e. The third-order valence-corrected chi connectivity index (χ3v) is 7.27. The summed E-state index contributed by atoms with van der Waals surface area (Å²) in [6.07, 6.45) is 0.239. The van der Waals surface area contributed by atoms with Crippen LogP contribution in [0.3, 0.4) is 0 Å². The molecule has 0 N–H and O–H groups in total. The van der Waals surface area contributed by atoms with Crippen molar-refractivity contribution in [3.63, 3.8) is 0 Å². The van der Waals surface area contributed by atoms with Crippen LogP contribution in [0.15, 0.2) is 75.9 Å². The number of rotatable bonds is 7. The van der Waals surface area contributed by atoms with E-state index < -0.39 is 12.0 Å². The van der Waals surface area contributed by atoms with Crippen LogP contribution in [-0.4, -0.2) is 40.4 Å². The highest BCUT2D eigenvalue weighted by molar-refractivity contribution is 8.16. The highest BCUT2D eigenvalue weighted by Crippen LogP contribution is 2.45. The summed E-state index contributed by atoms with van der Waals surface area (Å²) in [5.74, 6) is -0.369. The van der Waals surface area contributed by atoms with Gasteiger partial charge in [-0.15, -0.1) is 0 Å². The Morgan fingerprint density at radius 2 is 1.86 bits per heavy atom. The van der Waals surface area contributed by atoms with Crippen LogP contribution in [0.4, 0.5) is 0 Å². The molecule has 2 aromatic carbocycles. The second kappa shape index (κ2) is 10.5. The Kier molecular flexibility index (Phi) is 7.45. The lowest BCUT2D eigenvalue weighted by Crippen LogP contribution is -2.38. The SMILES string of the molecule is CCN(C)C(=O)CC1=CSC2=NC(C)=C(C(=O)OCc3ccccc3)[C@@H](c3ccc(C)cc3C)N12. The van der Waals surface area contributed by atoms with Gasteiger partial charge >= 0.3 is 5.97 Å². The van der Waals surface area contributed by atoms with Crippen molar-refractivity contribution in [2.75, 3.05) is 13.6 Å². The van der Waals surface area contributed by atoms with Crippen molar-refractivity contribution in [2.24, 2.45) is 4.99 Å². The summed E-state index contributed by atoms with van der Waals surface area (Å²) in [4.78, 5) is 34.8. The van der Waals surface area contributed by atoms with Gasteiger partial charge in [-0.05, 0) is 49.8 Å². The molecule has 0 bridgehead atoms. The molecule has 1 atom stereocenters. The molecule has 4 rings (SSSR count). The molecule has 182 valence electrons. The van der Waals surface area contributed by atoms with Crippen molar-refractivity contribution in [1.82, 2.24) is 9.80 Å². The number of esters is 1. The number of ether oxygens (including phenoxy) is 1. The molecular formula is C28H31N3O3S. The van der Waals surface area contributed by atoms with Crippen LogP contribution in [0.25, 0.3) is 0 Å². The predicted octanol–water partition coefficient (Wildman–Crippen LogP) is 5.49. The maximum absolute atomic E-state index is 13.5. The van der Waals surface area contributed by atoms with Gasteiger partial charge in [0.25, 0.3) is 0 Å². The zero-order chi connectivity index (χ0) is 25.1. The number of carbonyl (C=O) groups is 2. The molecule has 0 aromatic heterocycles. The second-order valence-electron chi connectivity index (χ2n) is 8.90. The van der Waals surface area contributed by atoms with Gasteiger partial charge in [-0.2, -0.15) is 0 Å². The van der Waals surface area contributed by atoms with E-state index in [0.717, 1.165) is 33.1 Å². The van der Waals surface area contributed by atoms with Gasteiger partial charge in [0, 0.05) is 19.3 Å². The number of carbonyl (C=O) groups excluding carboxylic acids is 2. The number of aliphatic imine (C=N–C) groups is 1. The summed E-state index contributed by atoms with van der Waals surface area (Å²) in [5.41, 5.74) is 6.12. The molecule has 1 amide bonds. The normalized spacial score (nSPS) is 17.1. The first-order valence-electron chi connectivity index (χ1n) is 11.8. The van der Waals surface area contributed by atoms with Crippen LogP contribution in [0.1, 0.15) is 48.6 Å². The molecule has 0 fully saturated rings. The Morgan fingerprint density at radius 3 is 2.54 bits per heavy atom. The minimum absolute atomic E-state index is 0.0273. The topological polar surface area (TPSA) is 62.2 Å². The number of nitrogens with zero attached hydrogens (tertiary/aromatic N) is 3. The van der Waals surface area contributed by atoms with Crippen LogP contribution in [0, 0.1) is 13.8 Å². The molecule has 6 nitrogen and oxygen atoms in total. The summed E-state index contributed by atoms with van der Waals surface area (Å²) in [5, 5.41) is 2.75. The molecule has 0 aliphatic carbocycles. The van der Waals surface area contributed by atoms with Gasteiger partial charge in [-0.3, -0.25) is 4.79 Å². The molecule has 0 saturated heterocycles. The van der Waals surface area contributed by atoms with E-state index >= 15 is 0 Å². The molecule has 0 spiro atoms. The number of aryl methyl sites for hydroxylation is 2. The number of amidine groups is 1. The lowest BCUT2D eigenvalue weighted by atomic mass is 9.90. The molecule has 35 heavy (non-hydrogen) atoms. The predicted molar refractivity (Wildman–Crippen MR) is 140 cm³/mol. The minimum atomic E-state index is -0.424. The standard InChI is InChI=1S/C28H31N3O3S/c1-6-30(5)24(32)15-22-17-35-28-29-20(4)25(27(33)34-16-21-10-8-7-9-11-21)26(31(22)28)23-13-12-18(2)14-19(23)3/h7-14,17,26H,6,15-16H2,1-5H3/t26-/m1/s1. The van der Waals surface area contributed by atoms with E-state index in [2.05, 4.69) is 32.0 Å². The highest BCUT2D eigenvalue weighted by Gasteiger charge is 2.41. The Hall–Kier alpha value is -3.32. The zero-order valence-electron chi connectivity index (χ0n) is 20.9. The van der Waals surface area contributed by atoms with E-state index in [0.29, 0.717) is 17.8 Å². The number of amides is 1. The van der Waals surface area contributed by atoms with Gasteiger partial charge in [0.1, 0.15) is 6.61 Å². The Morgan fingerprint density at radius 1 is 1.11 bits per heavy atom. The molecule has 0 unspecified atom stereocenters. The number of benzene rings is 2. The summed E-state index contributed by atoms with van der Waals surface area (Å²) >= 11 is 1.49. The number of allylic oxidation sites excluding steroid dienone is 1. The molecular weight excluding hydrogens is 458 g/mol. The van der Waals surface area contributed by atoms with Gasteiger partial charge < -0.3 is 14.5 Å². The van der Waals surface area contributed by atoms with Crippen molar-refractivity contribution in [2.45, 2.75) is 46.8 Å². The van der Waals surface area contributed by atoms with Gasteiger partial charge in [0.15, 0.2) is 5.17 Å². The summed E-state index contributed by atoms with van der Waals surface area (Å²) < 4.78 is 5.78. The number of thioether (sulfide) groups is 1. The van der Waals surface area contributed by atoms with Gasteiger partial charge in [-0.25, -0.2) is 9.79 Å². The van der Waals surface area contributed by atoms with Crippen LogP contribution in [0.2, 0.25) is 0 Å². The van der Waals surface area contributed by atoms with Crippen molar-refractivity contribution < 1.29 is 14.3 Å². The second-order valence-corrected chi connectivity index (χ2v) is 9.74. The van der Waals surface area contributed by atoms with Crippen molar-refractivity contribution >= 4 is 28.8 Å². The lowest BCUT2D eigenvalue weighted by Gasteiger charge is -2.37. The largest absolute Gasteiger partial charge is 0.457 e. The quantitative estimate of drug-likeness (QED) is 0.481. The molecule has 2 aliphatic heterocycles. The molecule has 2 aliphatic rings. The Bertz CT molecular complexity index is 1230. The average Bonchev–Trinajstić information content (AvgIpc) is 3.23. The summed E-state index contributed by atoms with van der Waals surface area (Å²) in [7, 11) is 1.80. The number of hydrogen-bond donors (Lipinski definition) is 0. The van der Waals surface area contributed by atoms with Crippen LogP contribution in [-0.2, 0) is 20.9 Å². The van der Waals surface area contributed by atoms with E-state index in [4.69, 9.17) is 9.73 Å². The highest BCUT2D eigenvalue weighted by atomic mass is 32.2.